The highest BCUT2D eigenvalue weighted by Gasteiger charge is 2.21. The first-order valence-corrected chi connectivity index (χ1v) is 8.76. The summed E-state index contributed by atoms with van der Waals surface area (Å²) in [7, 11) is 0. The summed E-state index contributed by atoms with van der Waals surface area (Å²) in [6.45, 7) is 0.0429. The predicted octanol–water partition coefficient (Wildman–Crippen LogP) is 3.00. The molecule has 9 nitrogen and oxygen atoms in total. The number of hydrogen-bond donors (Lipinski definition) is 1. The fourth-order valence-corrected chi connectivity index (χ4v) is 2.57. The van der Waals surface area contributed by atoms with Crippen LogP contribution in [0.5, 0.6) is 0 Å². The van der Waals surface area contributed by atoms with Crippen molar-refractivity contribution in [1.82, 2.24) is 19.9 Å². The monoisotopic (exact) mass is 407 g/mol. The molecule has 1 amide bonds. The van der Waals surface area contributed by atoms with E-state index in [-0.39, 0.29) is 23.7 Å². The molecule has 1 N–H and O–H groups in total. The van der Waals surface area contributed by atoms with Crippen LogP contribution in [-0.2, 0) is 11.3 Å². The van der Waals surface area contributed by atoms with E-state index in [1.54, 1.807) is 24.5 Å². The van der Waals surface area contributed by atoms with Crippen LogP contribution in [-0.4, -0.2) is 31.8 Å². The van der Waals surface area contributed by atoms with Gasteiger partial charge in [-0.2, -0.15) is 9.49 Å². The lowest BCUT2D eigenvalue weighted by Gasteiger charge is -2.11. The van der Waals surface area contributed by atoms with Crippen LogP contribution >= 0.6 is 0 Å². The van der Waals surface area contributed by atoms with E-state index in [2.05, 4.69) is 25.1 Å². The number of anilines is 1. The van der Waals surface area contributed by atoms with Crippen molar-refractivity contribution in [1.29, 1.82) is 0 Å². The molecule has 0 fully saturated rings. The second-order valence-electron chi connectivity index (χ2n) is 6.05. The lowest BCUT2D eigenvalue weighted by atomic mass is 10.2. The van der Waals surface area contributed by atoms with E-state index in [0.717, 1.165) is 11.6 Å². The van der Waals surface area contributed by atoms with E-state index in [1.165, 1.54) is 10.7 Å². The van der Waals surface area contributed by atoms with Gasteiger partial charge in [0.15, 0.2) is 5.82 Å². The molecule has 4 aromatic rings. The van der Waals surface area contributed by atoms with E-state index >= 15 is 0 Å². The standard InChI is InChI=1S/C20H14FN5O4/c21-16-11-15(30-25-16)19(27)24-18-14(7-8-17(23-18)26-10-4-9-22-26)20(28)29-12-13-5-2-1-3-6-13/h1-11H,12H2,(H,23,24,27). The Kier molecular flexibility index (Phi) is 5.29. The van der Waals surface area contributed by atoms with Gasteiger partial charge in [0.05, 0.1) is 0 Å². The second-order valence-corrected chi connectivity index (χ2v) is 6.05. The number of nitrogens with one attached hydrogen (secondary N) is 1. The number of aromatic nitrogens is 4. The summed E-state index contributed by atoms with van der Waals surface area (Å²) < 4.78 is 24.4. The number of nitrogens with zero attached hydrogens (tertiary/aromatic N) is 4. The van der Waals surface area contributed by atoms with Crippen LogP contribution in [0.25, 0.3) is 5.82 Å². The van der Waals surface area contributed by atoms with Crippen LogP contribution in [0.1, 0.15) is 26.5 Å². The van der Waals surface area contributed by atoms with Crippen molar-refractivity contribution >= 4 is 17.7 Å². The first-order chi connectivity index (χ1) is 14.6. The van der Waals surface area contributed by atoms with Crippen molar-refractivity contribution in [3.05, 3.63) is 89.8 Å². The number of ether oxygens (including phenoxy) is 1. The molecule has 0 radical (unpaired) electrons. The van der Waals surface area contributed by atoms with Crippen molar-refractivity contribution in [3.8, 4) is 5.82 Å². The smallest absolute Gasteiger partial charge is 0.342 e. The molecule has 0 saturated heterocycles. The number of pyridine rings is 1. The van der Waals surface area contributed by atoms with Gasteiger partial charge in [0, 0.05) is 18.5 Å². The van der Waals surface area contributed by atoms with Crippen LogP contribution in [0.15, 0.2) is 71.5 Å². The number of halogens is 1. The lowest BCUT2D eigenvalue weighted by molar-refractivity contribution is 0.0473. The van der Waals surface area contributed by atoms with E-state index in [9.17, 15) is 14.0 Å². The Hall–Kier alpha value is -4.34. The third kappa shape index (κ3) is 4.22. The van der Waals surface area contributed by atoms with Crippen molar-refractivity contribution in [2.24, 2.45) is 0 Å². The van der Waals surface area contributed by atoms with Gasteiger partial charge in [-0.25, -0.2) is 14.5 Å². The Morgan fingerprint density at radius 1 is 1.13 bits per heavy atom. The molecule has 3 heterocycles. The molecule has 0 saturated carbocycles. The zero-order valence-electron chi connectivity index (χ0n) is 15.4. The summed E-state index contributed by atoms with van der Waals surface area (Å²) in [6.07, 6.45) is 3.20. The van der Waals surface area contributed by atoms with Crippen molar-refractivity contribution < 1.29 is 23.2 Å². The quantitative estimate of drug-likeness (QED) is 0.489. The third-order valence-electron chi connectivity index (χ3n) is 3.99. The first kappa shape index (κ1) is 19.0. The molecular weight excluding hydrogens is 393 g/mol. The van der Waals surface area contributed by atoms with Gasteiger partial charge in [0.2, 0.25) is 5.76 Å². The van der Waals surface area contributed by atoms with Gasteiger partial charge in [0.1, 0.15) is 18.0 Å². The molecule has 30 heavy (non-hydrogen) atoms. The summed E-state index contributed by atoms with van der Waals surface area (Å²) in [5, 5.41) is 9.52. The average molecular weight is 407 g/mol. The Labute approximate surface area is 169 Å². The molecule has 0 aliphatic heterocycles. The number of esters is 1. The van der Waals surface area contributed by atoms with E-state index < -0.39 is 17.8 Å². The number of rotatable bonds is 6. The van der Waals surface area contributed by atoms with Crippen molar-refractivity contribution in [2.45, 2.75) is 6.61 Å². The highest BCUT2D eigenvalue weighted by atomic mass is 19.1. The largest absolute Gasteiger partial charge is 0.457 e. The molecule has 0 spiro atoms. The van der Waals surface area contributed by atoms with Gasteiger partial charge in [-0.3, -0.25) is 4.79 Å². The summed E-state index contributed by atoms with van der Waals surface area (Å²) in [5.41, 5.74) is 0.810. The highest BCUT2D eigenvalue weighted by molar-refractivity contribution is 6.05. The van der Waals surface area contributed by atoms with Gasteiger partial charge in [-0.05, 0) is 28.9 Å². The van der Waals surface area contributed by atoms with Crippen LogP contribution in [0.3, 0.4) is 0 Å². The summed E-state index contributed by atoms with van der Waals surface area (Å²) in [6, 6.07) is 14.6. The molecule has 0 atom stereocenters. The number of carbonyl (C=O) groups is 2. The molecule has 0 bridgehead atoms. The molecule has 3 aromatic heterocycles. The van der Waals surface area contributed by atoms with E-state index in [1.807, 2.05) is 30.3 Å². The SMILES string of the molecule is O=C(Nc1nc(-n2cccn2)ccc1C(=O)OCc1ccccc1)c1cc(F)no1. The van der Waals surface area contributed by atoms with Crippen molar-refractivity contribution in [2.75, 3.05) is 5.32 Å². The van der Waals surface area contributed by atoms with Gasteiger partial charge in [-0.1, -0.05) is 30.3 Å². The lowest BCUT2D eigenvalue weighted by Crippen LogP contribution is -2.18. The number of amides is 1. The van der Waals surface area contributed by atoms with Gasteiger partial charge in [0.25, 0.3) is 11.9 Å². The highest BCUT2D eigenvalue weighted by Crippen LogP contribution is 2.19. The molecule has 0 aliphatic carbocycles. The molecule has 10 heteroatoms. The molecule has 0 unspecified atom stereocenters. The van der Waals surface area contributed by atoms with Gasteiger partial charge in [-0.15, -0.1) is 0 Å². The fraction of sp³-hybridized carbons (Fsp3) is 0.0500. The third-order valence-corrected chi connectivity index (χ3v) is 3.99. The topological polar surface area (TPSA) is 112 Å². The van der Waals surface area contributed by atoms with E-state index in [4.69, 9.17) is 4.74 Å². The Morgan fingerprint density at radius 2 is 1.97 bits per heavy atom. The maximum atomic E-state index is 13.1. The first-order valence-electron chi connectivity index (χ1n) is 8.76. The number of benzene rings is 1. The summed E-state index contributed by atoms with van der Waals surface area (Å²) in [4.78, 5) is 29.3. The minimum atomic E-state index is -0.944. The maximum Gasteiger partial charge on any atom is 0.342 e. The minimum Gasteiger partial charge on any atom is -0.457 e. The molecule has 150 valence electrons. The summed E-state index contributed by atoms with van der Waals surface area (Å²) >= 11 is 0. The molecule has 4 rings (SSSR count). The molecule has 1 aromatic carbocycles. The van der Waals surface area contributed by atoms with Gasteiger partial charge < -0.3 is 14.6 Å². The van der Waals surface area contributed by atoms with Crippen LogP contribution in [0.4, 0.5) is 10.2 Å². The summed E-state index contributed by atoms with van der Waals surface area (Å²) in [5.74, 6) is -2.59. The Balaban J connectivity index is 1.61. The zero-order chi connectivity index (χ0) is 20.9. The predicted molar refractivity (Wildman–Crippen MR) is 101 cm³/mol. The molecule has 0 aliphatic rings. The van der Waals surface area contributed by atoms with E-state index in [0.29, 0.717) is 5.82 Å². The fourth-order valence-electron chi connectivity index (χ4n) is 2.57. The molecular formula is C20H14FN5O4. The second kappa shape index (κ2) is 8.35. The number of carbonyl (C=O) groups excluding carboxylic acids is 2. The van der Waals surface area contributed by atoms with Crippen LogP contribution in [0, 0.1) is 5.95 Å². The Bertz CT molecular complexity index is 1180. The average Bonchev–Trinajstić information content (AvgIpc) is 3.45. The van der Waals surface area contributed by atoms with Crippen molar-refractivity contribution in [3.63, 3.8) is 0 Å². The van der Waals surface area contributed by atoms with Crippen LogP contribution < -0.4 is 5.32 Å². The Morgan fingerprint density at radius 3 is 2.67 bits per heavy atom. The normalized spacial score (nSPS) is 10.6. The minimum absolute atomic E-state index is 0.00942. The van der Waals surface area contributed by atoms with Gasteiger partial charge >= 0.3 is 5.97 Å². The van der Waals surface area contributed by atoms with Crippen LogP contribution in [0.2, 0.25) is 0 Å². The number of hydrogen-bond acceptors (Lipinski definition) is 7. The maximum absolute atomic E-state index is 13.1. The zero-order valence-corrected chi connectivity index (χ0v) is 15.4.